The van der Waals surface area contributed by atoms with Crippen LogP contribution in [0.15, 0.2) is 4.52 Å². The number of hydrogen-bond acceptors (Lipinski definition) is 5. The van der Waals surface area contributed by atoms with Crippen molar-refractivity contribution in [2.45, 2.75) is 77.2 Å². The van der Waals surface area contributed by atoms with Crippen molar-refractivity contribution in [1.29, 1.82) is 0 Å². The fourth-order valence-electron chi connectivity index (χ4n) is 4.03. The summed E-state index contributed by atoms with van der Waals surface area (Å²) in [7, 11) is 0. The zero-order valence-electron chi connectivity index (χ0n) is 15.7. The highest BCUT2D eigenvalue weighted by Crippen LogP contribution is 2.32. The molecule has 0 atom stereocenters. The van der Waals surface area contributed by atoms with Crippen LogP contribution in [0.25, 0.3) is 0 Å². The first kappa shape index (κ1) is 18.4. The number of carbonyl (C=O) groups excluding carboxylic acids is 1. The minimum atomic E-state index is 0.155. The van der Waals surface area contributed by atoms with Crippen LogP contribution in [0.3, 0.4) is 0 Å². The van der Waals surface area contributed by atoms with Crippen LogP contribution in [0, 0.1) is 5.92 Å². The van der Waals surface area contributed by atoms with Gasteiger partial charge in [0.2, 0.25) is 11.8 Å². The molecular weight excluding hydrogens is 316 g/mol. The summed E-state index contributed by atoms with van der Waals surface area (Å²) in [5, 5.41) is 7.07. The third-order valence-corrected chi connectivity index (χ3v) is 5.71. The second-order valence-electron chi connectivity index (χ2n) is 7.91. The number of amides is 1. The lowest BCUT2D eigenvalue weighted by Gasteiger charge is -2.34. The summed E-state index contributed by atoms with van der Waals surface area (Å²) in [5.74, 6) is 2.63. The van der Waals surface area contributed by atoms with Crippen molar-refractivity contribution in [1.82, 2.24) is 20.4 Å². The maximum atomic E-state index is 12.1. The molecule has 3 rings (SSSR count). The molecule has 1 N–H and O–H groups in total. The zero-order chi connectivity index (χ0) is 17.6. The highest BCUT2D eigenvalue weighted by molar-refractivity contribution is 5.76. The van der Waals surface area contributed by atoms with Crippen LogP contribution in [0.4, 0.5) is 0 Å². The monoisotopic (exact) mass is 348 g/mol. The number of rotatable bonds is 7. The molecule has 0 aromatic carbocycles. The lowest BCUT2D eigenvalue weighted by atomic mass is 9.92. The molecule has 0 radical (unpaired) electrons. The minimum Gasteiger partial charge on any atom is -0.356 e. The van der Waals surface area contributed by atoms with E-state index in [0.717, 1.165) is 44.7 Å². The van der Waals surface area contributed by atoms with Crippen LogP contribution in [0.5, 0.6) is 0 Å². The molecule has 2 aliphatic rings. The van der Waals surface area contributed by atoms with E-state index in [9.17, 15) is 4.79 Å². The Balaban J connectivity index is 1.33. The third kappa shape index (κ3) is 5.27. The van der Waals surface area contributed by atoms with Gasteiger partial charge in [0.25, 0.3) is 0 Å². The Morgan fingerprint density at radius 1 is 1.24 bits per heavy atom. The molecule has 140 valence electrons. The summed E-state index contributed by atoms with van der Waals surface area (Å²) in [6, 6.07) is 0.610. The Morgan fingerprint density at radius 2 is 1.96 bits per heavy atom. The molecule has 1 aromatic heterocycles. The smallest absolute Gasteiger partial charge is 0.229 e. The van der Waals surface area contributed by atoms with E-state index in [1.54, 1.807) is 0 Å². The van der Waals surface area contributed by atoms with Crippen LogP contribution in [0.2, 0.25) is 0 Å². The molecule has 0 unspecified atom stereocenters. The van der Waals surface area contributed by atoms with Crippen molar-refractivity contribution in [3.63, 3.8) is 0 Å². The van der Waals surface area contributed by atoms with Gasteiger partial charge in [0.05, 0.1) is 0 Å². The molecule has 1 amide bonds. The van der Waals surface area contributed by atoms with E-state index in [1.807, 2.05) is 0 Å². The number of nitrogens with one attached hydrogen (secondary N) is 1. The molecule has 1 aliphatic carbocycles. The normalized spacial score (nSPS) is 20.4. The average molecular weight is 348 g/mol. The zero-order valence-corrected chi connectivity index (χ0v) is 15.7. The van der Waals surface area contributed by atoms with Gasteiger partial charge in [0.1, 0.15) is 0 Å². The Kier molecular flexibility index (Phi) is 6.45. The SMILES string of the molecule is CC(C)N1CCC(CC(=O)NCCc2noc(C3CCCC3)n2)CC1. The number of nitrogens with zero attached hydrogens (tertiary/aromatic N) is 3. The van der Waals surface area contributed by atoms with Crippen LogP contribution >= 0.6 is 0 Å². The first-order valence-electron chi connectivity index (χ1n) is 9.95. The van der Waals surface area contributed by atoms with Crippen LogP contribution in [-0.4, -0.2) is 46.6 Å². The highest BCUT2D eigenvalue weighted by Gasteiger charge is 2.24. The topological polar surface area (TPSA) is 71.3 Å². The van der Waals surface area contributed by atoms with Gasteiger partial charge in [-0.05, 0) is 58.5 Å². The molecule has 1 aliphatic heterocycles. The van der Waals surface area contributed by atoms with Gasteiger partial charge < -0.3 is 14.7 Å². The van der Waals surface area contributed by atoms with E-state index in [0.29, 0.717) is 43.1 Å². The van der Waals surface area contributed by atoms with Crippen molar-refractivity contribution in [2.75, 3.05) is 19.6 Å². The molecule has 0 spiro atoms. The van der Waals surface area contributed by atoms with Gasteiger partial charge in [0, 0.05) is 31.3 Å². The first-order valence-corrected chi connectivity index (χ1v) is 9.95. The Labute approximate surface area is 150 Å². The molecule has 2 heterocycles. The Bertz CT molecular complexity index is 543. The molecule has 6 nitrogen and oxygen atoms in total. The Morgan fingerprint density at radius 3 is 2.64 bits per heavy atom. The van der Waals surface area contributed by atoms with Gasteiger partial charge in [-0.1, -0.05) is 18.0 Å². The lowest BCUT2D eigenvalue weighted by molar-refractivity contribution is -0.122. The molecule has 0 bridgehead atoms. The van der Waals surface area contributed by atoms with Crippen molar-refractivity contribution in [3.8, 4) is 0 Å². The summed E-state index contributed by atoms with van der Waals surface area (Å²) in [4.78, 5) is 19.1. The van der Waals surface area contributed by atoms with Gasteiger partial charge in [0.15, 0.2) is 5.82 Å². The fraction of sp³-hybridized carbons (Fsp3) is 0.842. The second-order valence-corrected chi connectivity index (χ2v) is 7.91. The third-order valence-electron chi connectivity index (χ3n) is 5.71. The summed E-state index contributed by atoms with van der Waals surface area (Å²) in [6.45, 7) is 7.30. The first-order chi connectivity index (χ1) is 12.1. The van der Waals surface area contributed by atoms with Gasteiger partial charge >= 0.3 is 0 Å². The standard InChI is InChI=1S/C19H32N4O2/c1-14(2)23-11-8-15(9-12-23)13-18(24)20-10-7-17-21-19(25-22-17)16-5-3-4-6-16/h14-16H,3-13H2,1-2H3,(H,20,24). The molecule has 2 fully saturated rings. The van der Waals surface area contributed by atoms with Crippen LogP contribution < -0.4 is 5.32 Å². The predicted molar refractivity (Wildman–Crippen MR) is 96.3 cm³/mol. The summed E-state index contributed by atoms with van der Waals surface area (Å²) in [6.07, 6.45) is 8.38. The molecule has 25 heavy (non-hydrogen) atoms. The number of aromatic nitrogens is 2. The number of hydrogen-bond donors (Lipinski definition) is 1. The van der Waals surface area contributed by atoms with E-state index in [-0.39, 0.29) is 5.91 Å². The summed E-state index contributed by atoms with van der Waals surface area (Å²) >= 11 is 0. The molecular formula is C19H32N4O2. The maximum Gasteiger partial charge on any atom is 0.229 e. The number of likely N-dealkylation sites (tertiary alicyclic amines) is 1. The van der Waals surface area contributed by atoms with E-state index in [2.05, 4.69) is 34.2 Å². The van der Waals surface area contributed by atoms with E-state index >= 15 is 0 Å². The van der Waals surface area contributed by atoms with Gasteiger partial charge in [-0.2, -0.15) is 4.98 Å². The maximum absolute atomic E-state index is 12.1. The molecule has 1 saturated carbocycles. The van der Waals surface area contributed by atoms with E-state index in [4.69, 9.17) is 4.52 Å². The molecule has 6 heteroatoms. The number of carbonyl (C=O) groups is 1. The largest absolute Gasteiger partial charge is 0.356 e. The van der Waals surface area contributed by atoms with E-state index < -0.39 is 0 Å². The van der Waals surface area contributed by atoms with Crippen molar-refractivity contribution in [2.24, 2.45) is 5.92 Å². The average Bonchev–Trinajstić information content (AvgIpc) is 3.26. The fourth-order valence-corrected chi connectivity index (χ4v) is 4.03. The van der Waals surface area contributed by atoms with Crippen LogP contribution in [0.1, 0.15) is 76.4 Å². The predicted octanol–water partition coefficient (Wildman–Crippen LogP) is 2.90. The van der Waals surface area contributed by atoms with Gasteiger partial charge in [-0.25, -0.2) is 0 Å². The van der Waals surface area contributed by atoms with Gasteiger partial charge in [-0.15, -0.1) is 0 Å². The van der Waals surface area contributed by atoms with Gasteiger partial charge in [-0.3, -0.25) is 4.79 Å². The molecule has 1 saturated heterocycles. The van der Waals surface area contributed by atoms with Crippen LogP contribution in [-0.2, 0) is 11.2 Å². The minimum absolute atomic E-state index is 0.155. The highest BCUT2D eigenvalue weighted by atomic mass is 16.5. The second kappa shape index (κ2) is 8.79. The van der Waals surface area contributed by atoms with Crippen molar-refractivity contribution < 1.29 is 9.32 Å². The Hall–Kier alpha value is -1.43. The number of piperidine rings is 1. The van der Waals surface area contributed by atoms with E-state index in [1.165, 1.54) is 12.8 Å². The van der Waals surface area contributed by atoms with Crippen molar-refractivity contribution in [3.05, 3.63) is 11.7 Å². The van der Waals surface area contributed by atoms with Crippen molar-refractivity contribution >= 4 is 5.91 Å². The summed E-state index contributed by atoms with van der Waals surface area (Å²) in [5.41, 5.74) is 0. The lowest BCUT2D eigenvalue weighted by Crippen LogP contribution is -2.39. The molecule has 1 aromatic rings. The summed E-state index contributed by atoms with van der Waals surface area (Å²) < 4.78 is 5.38. The quantitative estimate of drug-likeness (QED) is 0.820.